The summed E-state index contributed by atoms with van der Waals surface area (Å²) in [5, 5.41) is 3.57. The van der Waals surface area contributed by atoms with E-state index < -0.39 is 5.67 Å². The summed E-state index contributed by atoms with van der Waals surface area (Å²) in [5.74, 6) is -0.179. The first-order valence-corrected chi connectivity index (χ1v) is 8.75. The van der Waals surface area contributed by atoms with Gasteiger partial charge in [-0.2, -0.15) is 0 Å². The Hall–Kier alpha value is -1.69. The molecule has 1 aromatic carbocycles. The Morgan fingerprint density at radius 1 is 1.39 bits per heavy atom. The molecule has 0 spiro atoms. The van der Waals surface area contributed by atoms with E-state index in [0.717, 1.165) is 10.6 Å². The fourth-order valence-corrected chi connectivity index (χ4v) is 3.98. The molecule has 1 amide bonds. The molecule has 0 bridgehead atoms. The standard InChI is InChI=1S/C17H22FN3OS/c1-11-4-5-14-15(12(11)2)20-16(23-14)21-8-6-17(18,7-9-21)10-19-13(3)22/h4-5H,6-10H2,1-3H3,(H,19,22). The molecule has 124 valence electrons. The molecule has 2 heterocycles. The Morgan fingerprint density at radius 2 is 2.09 bits per heavy atom. The van der Waals surface area contributed by atoms with Crippen molar-refractivity contribution in [3.8, 4) is 0 Å². The van der Waals surface area contributed by atoms with Crippen molar-refractivity contribution in [3.63, 3.8) is 0 Å². The van der Waals surface area contributed by atoms with E-state index in [0.29, 0.717) is 25.9 Å². The highest BCUT2D eigenvalue weighted by Gasteiger charge is 2.35. The summed E-state index contributed by atoms with van der Waals surface area (Å²) in [6.45, 7) is 6.98. The van der Waals surface area contributed by atoms with Gasteiger partial charge in [0.05, 0.1) is 16.8 Å². The van der Waals surface area contributed by atoms with Gasteiger partial charge in [-0.3, -0.25) is 4.79 Å². The zero-order valence-corrected chi connectivity index (χ0v) is 14.6. The number of carbonyl (C=O) groups is 1. The Bertz CT molecular complexity index is 735. The number of hydrogen-bond acceptors (Lipinski definition) is 4. The summed E-state index contributed by atoms with van der Waals surface area (Å²) in [5.41, 5.74) is 2.21. The van der Waals surface area contributed by atoms with Gasteiger partial charge in [0, 0.05) is 32.9 Å². The maximum Gasteiger partial charge on any atom is 0.216 e. The maximum atomic E-state index is 14.7. The third-order valence-corrected chi connectivity index (χ3v) is 5.74. The summed E-state index contributed by atoms with van der Waals surface area (Å²) in [4.78, 5) is 17.9. The fourth-order valence-electron chi connectivity index (χ4n) is 2.91. The van der Waals surface area contributed by atoms with Crippen LogP contribution in [0.1, 0.15) is 30.9 Å². The molecule has 23 heavy (non-hydrogen) atoms. The minimum absolute atomic E-state index is 0.105. The molecular weight excluding hydrogens is 313 g/mol. The summed E-state index contributed by atoms with van der Waals surface area (Å²) in [6.07, 6.45) is 0.836. The van der Waals surface area contributed by atoms with E-state index in [1.54, 1.807) is 11.3 Å². The Kier molecular flexibility index (Phi) is 4.27. The van der Waals surface area contributed by atoms with Crippen LogP contribution in [-0.2, 0) is 4.79 Å². The number of nitrogens with one attached hydrogen (secondary N) is 1. The van der Waals surface area contributed by atoms with Crippen molar-refractivity contribution in [3.05, 3.63) is 23.3 Å². The van der Waals surface area contributed by atoms with Crippen molar-refractivity contribution in [1.29, 1.82) is 0 Å². The molecule has 1 saturated heterocycles. The van der Waals surface area contributed by atoms with Crippen LogP contribution in [-0.4, -0.2) is 36.2 Å². The number of amides is 1. The number of piperidine rings is 1. The van der Waals surface area contributed by atoms with Gasteiger partial charge >= 0.3 is 0 Å². The van der Waals surface area contributed by atoms with Gasteiger partial charge in [0.1, 0.15) is 5.67 Å². The fraction of sp³-hybridized carbons (Fsp3) is 0.529. The molecule has 0 aliphatic carbocycles. The van der Waals surface area contributed by atoms with Gasteiger partial charge in [0.25, 0.3) is 0 Å². The number of hydrogen-bond donors (Lipinski definition) is 1. The SMILES string of the molecule is CC(=O)NCC1(F)CCN(c2nc3c(C)c(C)ccc3s2)CC1. The van der Waals surface area contributed by atoms with Crippen molar-refractivity contribution in [2.24, 2.45) is 0 Å². The first-order valence-electron chi connectivity index (χ1n) is 7.93. The van der Waals surface area contributed by atoms with Crippen molar-refractivity contribution in [1.82, 2.24) is 10.3 Å². The number of benzene rings is 1. The van der Waals surface area contributed by atoms with Crippen LogP contribution in [0.15, 0.2) is 12.1 Å². The average molecular weight is 335 g/mol. The molecule has 4 nitrogen and oxygen atoms in total. The molecule has 1 aromatic heterocycles. The number of thiazole rings is 1. The number of alkyl halides is 1. The number of aromatic nitrogens is 1. The van der Waals surface area contributed by atoms with E-state index in [-0.39, 0.29) is 12.5 Å². The molecule has 1 fully saturated rings. The molecule has 0 saturated carbocycles. The summed E-state index contributed by atoms with van der Waals surface area (Å²) >= 11 is 1.67. The van der Waals surface area contributed by atoms with E-state index >= 15 is 0 Å². The van der Waals surface area contributed by atoms with E-state index in [4.69, 9.17) is 4.98 Å². The number of aryl methyl sites for hydroxylation is 2. The molecule has 0 radical (unpaired) electrons. The molecule has 0 atom stereocenters. The lowest BCUT2D eigenvalue weighted by Crippen LogP contribution is -2.48. The third kappa shape index (κ3) is 3.32. The largest absolute Gasteiger partial charge is 0.353 e. The minimum Gasteiger partial charge on any atom is -0.353 e. The molecule has 3 rings (SSSR count). The molecule has 2 aromatic rings. The molecule has 6 heteroatoms. The van der Waals surface area contributed by atoms with Gasteiger partial charge in [-0.15, -0.1) is 0 Å². The molecule has 1 aliphatic heterocycles. The number of fused-ring (bicyclic) bond motifs is 1. The van der Waals surface area contributed by atoms with Crippen molar-refractivity contribution in [2.45, 2.75) is 39.3 Å². The number of rotatable bonds is 3. The zero-order chi connectivity index (χ0) is 16.6. The number of carbonyl (C=O) groups excluding carboxylic acids is 1. The molecule has 1 N–H and O–H groups in total. The average Bonchev–Trinajstić information content (AvgIpc) is 2.95. The summed E-state index contributed by atoms with van der Waals surface area (Å²) in [7, 11) is 0. The monoisotopic (exact) mass is 335 g/mol. The minimum atomic E-state index is -1.30. The van der Waals surface area contributed by atoms with Crippen LogP contribution in [0.3, 0.4) is 0 Å². The van der Waals surface area contributed by atoms with Crippen molar-refractivity contribution >= 4 is 32.6 Å². The van der Waals surface area contributed by atoms with Gasteiger partial charge < -0.3 is 10.2 Å². The van der Waals surface area contributed by atoms with Gasteiger partial charge in [-0.25, -0.2) is 9.37 Å². The van der Waals surface area contributed by atoms with E-state index in [1.807, 2.05) is 0 Å². The highest BCUT2D eigenvalue weighted by atomic mass is 32.1. The van der Waals surface area contributed by atoms with Crippen molar-refractivity contribution in [2.75, 3.05) is 24.5 Å². The van der Waals surface area contributed by atoms with Crippen LogP contribution in [0.2, 0.25) is 0 Å². The predicted molar refractivity (Wildman–Crippen MR) is 93.1 cm³/mol. The number of nitrogens with zero attached hydrogens (tertiary/aromatic N) is 2. The predicted octanol–water partition coefficient (Wildman–Crippen LogP) is 3.36. The van der Waals surface area contributed by atoms with Gasteiger partial charge in [-0.1, -0.05) is 17.4 Å². The molecular formula is C17H22FN3OS. The second-order valence-corrected chi connectivity index (χ2v) is 7.41. The van der Waals surface area contributed by atoms with Crippen LogP contribution in [0.25, 0.3) is 10.2 Å². The van der Waals surface area contributed by atoms with Gasteiger partial charge in [0.15, 0.2) is 5.13 Å². The first-order chi connectivity index (χ1) is 10.9. The van der Waals surface area contributed by atoms with Crippen LogP contribution < -0.4 is 10.2 Å². The Labute approximate surface area is 139 Å². The van der Waals surface area contributed by atoms with Crippen molar-refractivity contribution < 1.29 is 9.18 Å². The summed E-state index contributed by atoms with van der Waals surface area (Å²) in [6, 6.07) is 4.23. The van der Waals surface area contributed by atoms with Crippen LogP contribution >= 0.6 is 11.3 Å². The second kappa shape index (κ2) is 6.07. The molecule has 1 aliphatic rings. The first kappa shape index (κ1) is 16.2. The van der Waals surface area contributed by atoms with E-state index in [2.05, 4.69) is 36.2 Å². The van der Waals surface area contributed by atoms with Crippen LogP contribution in [0, 0.1) is 13.8 Å². The number of anilines is 1. The lowest BCUT2D eigenvalue weighted by molar-refractivity contribution is -0.119. The highest BCUT2D eigenvalue weighted by molar-refractivity contribution is 7.22. The van der Waals surface area contributed by atoms with E-state index in [9.17, 15) is 9.18 Å². The zero-order valence-electron chi connectivity index (χ0n) is 13.8. The normalized spacial score (nSPS) is 17.5. The molecule has 0 unspecified atom stereocenters. The van der Waals surface area contributed by atoms with E-state index in [1.165, 1.54) is 22.8 Å². The lowest BCUT2D eigenvalue weighted by Gasteiger charge is -2.36. The maximum absolute atomic E-state index is 14.7. The Morgan fingerprint density at radius 3 is 2.74 bits per heavy atom. The van der Waals surface area contributed by atoms with Crippen LogP contribution in [0.5, 0.6) is 0 Å². The van der Waals surface area contributed by atoms with Gasteiger partial charge in [0.2, 0.25) is 5.91 Å². The topological polar surface area (TPSA) is 45.2 Å². The quantitative estimate of drug-likeness (QED) is 0.935. The highest BCUT2D eigenvalue weighted by Crippen LogP contribution is 2.35. The number of halogens is 1. The smallest absolute Gasteiger partial charge is 0.216 e. The van der Waals surface area contributed by atoms with Gasteiger partial charge in [-0.05, 0) is 31.0 Å². The Balaban J connectivity index is 1.73. The third-order valence-electron chi connectivity index (χ3n) is 4.66. The lowest BCUT2D eigenvalue weighted by atomic mass is 9.93. The van der Waals surface area contributed by atoms with Crippen LogP contribution in [0.4, 0.5) is 9.52 Å². The second-order valence-electron chi connectivity index (χ2n) is 6.40. The summed E-state index contributed by atoms with van der Waals surface area (Å²) < 4.78 is 15.9.